The summed E-state index contributed by atoms with van der Waals surface area (Å²) in [4.78, 5) is 17.5. The number of benzene rings is 1. The zero-order chi connectivity index (χ0) is 16.8. The number of hydrogen-bond donors (Lipinski definition) is 0. The van der Waals surface area contributed by atoms with Gasteiger partial charge in [-0.2, -0.15) is 0 Å². The number of carbonyl (C=O) groups is 1. The van der Waals surface area contributed by atoms with Crippen LogP contribution in [0.4, 0.5) is 0 Å². The molecule has 1 saturated carbocycles. The number of morpholine rings is 1. The van der Waals surface area contributed by atoms with E-state index in [-0.39, 0.29) is 5.92 Å². The van der Waals surface area contributed by atoms with Crippen LogP contribution in [0.25, 0.3) is 0 Å². The minimum atomic E-state index is 0.250. The van der Waals surface area contributed by atoms with E-state index in [0.717, 1.165) is 58.8 Å². The lowest BCUT2D eigenvalue weighted by Gasteiger charge is -2.31. The molecule has 0 aromatic heterocycles. The fraction of sp³-hybridized carbons (Fsp3) is 0.650. The van der Waals surface area contributed by atoms with Crippen molar-refractivity contribution >= 4 is 5.91 Å². The van der Waals surface area contributed by atoms with Gasteiger partial charge in [-0.25, -0.2) is 0 Å². The molecule has 1 aliphatic carbocycles. The maximum absolute atomic E-state index is 13.0. The molecule has 1 saturated heterocycles. The lowest BCUT2D eigenvalue weighted by Crippen LogP contribution is -2.44. The van der Waals surface area contributed by atoms with Gasteiger partial charge in [-0.1, -0.05) is 42.7 Å². The molecule has 1 amide bonds. The Labute approximate surface area is 145 Å². The van der Waals surface area contributed by atoms with Crippen LogP contribution in [0.3, 0.4) is 0 Å². The van der Waals surface area contributed by atoms with Crippen molar-refractivity contribution in [1.29, 1.82) is 0 Å². The minimum Gasteiger partial charge on any atom is -0.379 e. The molecule has 0 atom stereocenters. The molecule has 1 aromatic carbocycles. The van der Waals surface area contributed by atoms with Crippen LogP contribution in [0.5, 0.6) is 0 Å². The van der Waals surface area contributed by atoms with E-state index in [1.807, 2.05) is 0 Å². The fourth-order valence-electron chi connectivity index (χ4n) is 3.82. The highest BCUT2D eigenvalue weighted by molar-refractivity contribution is 5.79. The summed E-state index contributed by atoms with van der Waals surface area (Å²) in [7, 11) is 0. The summed E-state index contributed by atoms with van der Waals surface area (Å²) < 4.78 is 5.42. The monoisotopic (exact) mass is 330 g/mol. The van der Waals surface area contributed by atoms with Gasteiger partial charge in [-0.3, -0.25) is 9.69 Å². The van der Waals surface area contributed by atoms with Crippen molar-refractivity contribution in [2.45, 2.75) is 39.2 Å². The highest BCUT2D eigenvalue weighted by Crippen LogP contribution is 2.27. The lowest BCUT2D eigenvalue weighted by atomic mass is 10.1. The molecular weight excluding hydrogens is 300 g/mol. The van der Waals surface area contributed by atoms with Gasteiger partial charge in [0.2, 0.25) is 5.91 Å². The van der Waals surface area contributed by atoms with Crippen molar-refractivity contribution in [1.82, 2.24) is 9.80 Å². The fourth-order valence-corrected chi connectivity index (χ4v) is 3.82. The Morgan fingerprint density at radius 3 is 2.71 bits per heavy atom. The third kappa shape index (κ3) is 4.81. The number of ether oxygens (including phenoxy) is 1. The third-order valence-corrected chi connectivity index (χ3v) is 5.26. The Balaban J connectivity index is 1.63. The molecule has 0 N–H and O–H groups in total. The lowest BCUT2D eigenvalue weighted by molar-refractivity contribution is -0.136. The maximum Gasteiger partial charge on any atom is 0.226 e. The van der Waals surface area contributed by atoms with E-state index in [1.165, 1.54) is 24.0 Å². The molecule has 4 nitrogen and oxygen atoms in total. The number of amides is 1. The van der Waals surface area contributed by atoms with Crippen LogP contribution in [-0.2, 0) is 16.1 Å². The van der Waals surface area contributed by atoms with E-state index in [9.17, 15) is 4.79 Å². The Morgan fingerprint density at radius 1 is 1.25 bits per heavy atom. The summed E-state index contributed by atoms with van der Waals surface area (Å²) in [5, 5.41) is 0. The van der Waals surface area contributed by atoms with Crippen LogP contribution in [0.2, 0.25) is 0 Å². The van der Waals surface area contributed by atoms with Gasteiger partial charge in [-0.15, -0.1) is 0 Å². The smallest absolute Gasteiger partial charge is 0.226 e. The molecule has 0 spiro atoms. The molecule has 4 heteroatoms. The predicted octanol–water partition coefficient (Wildman–Crippen LogP) is 2.85. The molecule has 132 valence electrons. The van der Waals surface area contributed by atoms with E-state index in [1.54, 1.807) is 0 Å². The molecule has 0 unspecified atom stereocenters. The van der Waals surface area contributed by atoms with Crippen molar-refractivity contribution in [3.05, 3.63) is 35.4 Å². The maximum atomic E-state index is 13.0. The third-order valence-electron chi connectivity index (χ3n) is 5.26. The van der Waals surface area contributed by atoms with Crippen molar-refractivity contribution in [2.24, 2.45) is 5.92 Å². The van der Waals surface area contributed by atoms with Crippen molar-refractivity contribution in [2.75, 3.05) is 39.4 Å². The first kappa shape index (κ1) is 17.4. The summed E-state index contributed by atoms with van der Waals surface area (Å²) in [5.74, 6) is 0.613. The van der Waals surface area contributed by atoms with Crippen molar-refractivity contribution < 1.29 is 9.53 Å². The van der Waals surface area contributed by atoms with E-state index >= 15 is 0 Å². The second-order valence-corrected chi connectivity index (χ2v) is 7.18. The number of aryl methyl sites for hydroxylation is 1. The van der Waals surface area contributed by atoms with Gasteiger partial charge in [0.25, 0.3) is 0 Å². The zero-order valence-electron chi connectivity index (χ0n) is 14.9. The molecule has 24 heavy (non-hydrogen) atoms. The van der Waals surface area contributed by atoms with Crippen molar-refractivity contribution in [3.8, 4) is 0 Å². The SMILES string of the molecule is Cc1cccc(CN(CCN2CCOCC2)C(=O)C2CCCC2)c1. The highest BCUT2D eigenvalue weighted by atomic mass is 16.5. The van der Waals surface area contributed by atoms with Gasteiger partial charge in [0.05, 0.1) is 13.2 Å². The topological polar surface area (TPSA) is 32.8 Å². The largest absolute Gasteiger partial charge is 0.379 e. The summed E-state index contributed by atoms with van der Waals surface area (Å²) in [6.45, 7) is 8.22. The highest BCUT2D eigenvalue weighted by Gasteiger charge is 2.27. The van der Waals surface area contributed by atoms with Gasteiger partial charge >= 0.3 is 0 Å². The van der Waals surface area contributed by atoms with Gasteiger partial charge in [0, 0.05) is 38.6 Å². The Kier molecular flexibility index (Phi) is 6.27. The van der Waals surface area contributed by atoms with E-state index in [4.69, 9.17) is 4.74 Å². The Hall–Kier alpha value is -1.39. The Morgan fingerprint density at radius 2 is 2.00 bits per heavy atom. The standard InChI is InChI=1S/C20H30N2O2/c1-17-5-4-6-18(15-17)16-22(20(23)19-7-2-3-8-19)10-9-21-11-13-24-14-12-21/h4-6,15,19H,2-3,7-14,16H2,1H3. The number of hydrogen-bond acceptors (Lipinski definition) is 3. The second kappa shape index (κ2) is 8.63. The van der Waals surface area contributed by atoms with Gasteiger partial charge in [-0.05, 0) is 25.3 Å². The van der Waals surface area contributed by atoms with Gasteiger partial charge in [0.15, 0.2) is 0 Å². The van der Waals surface area contributed by atoms with Gasteiger partial charge < -0.3 is 9.64 Å². The summed E-state index contributed by atoms with van der Waals surface area (Å²) in [5.41, 5.74) is 2.50. The van der Waals surface area contributed by atoms with E-state index in [2.05, 4.69) is 41.0 Å². The number of carbonyl (C=O) groups excluding carboxylic acids is 1. The predicted molar refractivity (Wildman–Crippen MR) is 95.8 cm³/mol. The number of nitrogens with zero attached hydrogens (tertiary/aromatic N) is 2. The quantitative estimate of drug-likeness (QED) is 0.804. The molecule has 1 aliphatic heterocycles. The average Bonchev–Trinajstić information content (AvgIpc) is 3.13. The van der Waals surface area contributed by atoms with E-state index in [0.29, 0.717) is 5.91 Å². The minimum absolute atomic E-state index is 0.250. The van der Waals surface area contributed by atoms with Crippen LogP contribution < -0.4 is 0 Å². The molecule has 3 rings (SSSR count). The molecule has 2 fully saturated rings. The second-order valence-electron chi connectivity index (χ2n) is 7.18. The van der Waals surface area contributed by atoms with Crippen LogP contribution in [0.1, 0.15) is 36.8 Å². The summed E-state index contributed by atoms with van der Waals surface area (Å²) >= 11 is 0. The summed E-state index contributed by atoms with van der Waals surface area (Å²) in [6, 6.07) is 8.53. The number of rotatable bonds is 6. The van der Waals surface area contributed by atoms with Crippen LogP contribution in [-0.4, -0.2) is 55.1 Å². The molecule has 0 bridgehead atoms. The van der Waals surface area contributed by atoms with E-state index < -0.39 is 0 Å². The Bertz CT molecular complexity index is 534. The van der Waals surface area contributed by atoms with Crippen LogP contribution in [0, 0.1) is 12.8 Å². The molecule has 2 aliphatic rings. The summed E-state index contributed by atoms with van der Waals surface area (Å²) in [6.07, 6.45) is 4.55. The van der Waals surface area contributed by atoms with Crippen LogP contribution >= 0.6 is 0 Å². The first-order valence-corrected chi connectivity index (χ1v) is 9.37. The first-order chi connectivity index (χ1) is 11.7. The average molecular weight is 330 g/mol. The zero-order valence-corrected chi connectivity index (χ0v) is 14.9. The molecule has 0 radical (unpaired) electrons. The normalized spacial score (nSPS) is 19.5. The van der Waals surface area contributed by atoms with Crippen molar-refractivity contribution in [3.63, 3.8) is 0 Å². The molecule has 1 aromatic rings. The molecule has 1 heterocycles. The first-order valence-electron chi connectivity index (χ1n) is 9.37. The van der Waals surface area contributed by atoms with Crippen LogP contribution in [0.15, 0.2) is 24.3 Å². The van der Waals surface area contributed by atoms with Gasteiger partial charge in [0.1, 0.15) is 0 Å². The molecular formula is C20H30N2O2.